The molecular weight excluding hydrogens is 490 g/mol. The summed E-state index contributed by atoms with van der Waals surface area (Å²) in [5.74, 6) is 0. The molecule has 2 atom stereocenters. The molecule has 2 unspecified atom stereocenters. The van der Waals surface area contributed by atoms with Crippen LogP contribution in [0.1, 0.15) is 23.1 Å². The average molecular weight is 534 g/mol. The Hall–Kier alpha value is -3.27. The van der Waals surface area contributed by atoms with Gasteiger partial charge < -0.3 is 21.3 Å². The van der Waals surface area contributed by atoms with Crippen molar-refractivity contribution in [3.8, 4) is 0 Å². The maximum absolute atomic E-state index is 13.6. The first-order valence-corrected chi connectivity index (χ1v) is 13.7. The van der Waals surface area contributed by atoms with E-state index in [1.807, 2.05) is 91.0 Å². The van der Waals surface area contributed by atoms with Gasteiger partial charge in [0.15, 0.2) is 0 Å². The van der Waals surface area contributed by atoms with Crippen molar-refractivity contribution in [2.24, 2.45) is 11.5 Å². The average Bonchev–Trinajstić information content (AvgIpc) is 2.94. The van der Waals surface area contributed by atoms with Crippen molar-refractivity contribution in [2.75, 3.05) is 39.3 Å². The van der Waals surface area contributed by atoms with Gasteiger partial charge in [0.1, 0.15) is 12.3 Å². The maximum atomic E-state index is 13.6. The van der Waals surface area contributed by atoms with Crippen molar-refractivity contribution >= 4 is 6.09 Å². The zero-order valence-corrected chi connectivity index (χ0v) is 22.7. The fourth-order valence-corrected chi connectivity index (χ4v) is 4.48. The summed E-state index contributed by atoms with van der Waals surface area (Å²) in [7, 11) is 0. The summed E-state index contributed by atoms with van der Waals surface area (Å²) in [6.07, 6.45) is -0.990. The Labute approximate surface area is 232 Å². The largest absolute Gasteiger partial charge is 0.446 e. The topological polar surface area (TPSA) is 117 Å². The number of carbonyl (C=O) groups is 1. The van der Waals surface area contributed by atoms with Crippen LogP contribution in [-0.2, 0) is 24.2 Å². The number of hydrogen-bond acceptors (Lipinski definition) is 7. The SMILES string of the molecule is NCCN(CCN)CCNC(O)CC(Cc1ccccc1)OC(=O)N(Cc1ccccc1)Cc1ccccc1. The summed E-state index contributed by atoms with van der Waals surface area (Å²) >= 11 is 0. The molecule has 3 aromatic rings. The van der Waals surface area contributed by atoms with Gasteiger partial charge in [-0.15, -0.1) is 0 Å². The molecule has 0 saturated heterocycles. The summed E-state index contributed by atoms with van der Waals surface area (Å²) in [6, 6.07) is 29.6. The van der Waals surface area contributed by atoms with E-state index in [0.29, 0.717) is 39.1 Å². The van der Waals surface area contributed by atoms with Gasteiger partial charge >= 0.3 is 6.09 Å². The number of amides is 1. The molecule has 0 fully saturated rings. The van der Waals surface area contributed by atoms with E-state index in [2.05, 4.69) is 10.2 Å². The molecule has 8 nitrogen and oxygen atoms in total. The van der Waals surface area contributed by atoms with Gasteiger partial charge in [0.25, 0.3) is 0 Å². The Kier molecular flexibility index (Phi) is 13.5. The molecule has 0 heterocycles. The Bertz CT molecular complexity index is 1010. The van der Waals surface area contributed by atoms with Crippen LogP contribution in [0.15, 0.2) is 91.0 Å². The Morgan fingerprint density at radius 3 is 1.74 bits per heavy atom. The first kappa shape index (κ1) is 30.3. The highest BCUT2D eigenvalue weighted by Crippen LogP contribution is 2.16. The van der Waals surface area contributed by atoms with Crippen molar-refractivity contribution in [2.45, 2.75) is 38.3 Å². The molecule has 3 aromatic carbocycles. The molecular formula is C31H43N5O3. The van der Waals surface area contributed by atoms with Gasteiger partial charge in [-0.05, 0) is 16.7 Å². The predicted octanol–water partition coefficient (Wildman–Crippen LogP) is 2.95. The molecule has 1 amide bonds. The van der Waals surface area contributed by atoms with Crippen molar-refractivity contribution in [3.05, 3.63) is 108 Å². The van der Waals surface area contributed by atoms with Crippen molar-refractivity contribution in [1.29, 1.82) is 0 Å². The standard InChI is InChI=1S/C31H43N5O3/c32-16-19-35(20-17-33)21-18-34-30(37)23-29(22-26-10-4-1-5-11-26)39-31(38)36(24-27-12-6-2-7-13-27)25-28-14-8-3-9-15-28/h1-15,29-30,34,37H,16-25,32-33H2. The first-order valence-electron chi connectivity index (χ1n) is 13.7. The van der Waals surface area contributed by atoms with Crippen LogP contribution in [0.2, 0.25) is 0 Å². The van der Waals surface area contributed by atoms with E-state index >= 15 is 0 Å². The predicted molar refractivity (Wildman–Crippen MR) is 156 cm³/mol. The third-order valence-corrected chi connectivity index (χ3v) is 6.45. The smallest absolute Gasteiger partial charge is 0.410 e. The number of benzene rings is 3. The molecule has 0 spiro atoms. The molecule has 0 saturated carbocycles. The van der Waals surface area contributed by atoms with Gasteiger partial charge in [0.2, 0.25) is 0 Å². The lowest BCUT2D eigenvalue weighted by atomic mass is 10.0. The number of aliphatic hydroxyl groups is 1. The molecule has 6 N–H and O–H groups in total. The van der Waals surface area contributed by atoms with E-state index in [1.165, 1.54) is 0 Å². The third kappa shape index (κ3) is 11.6. The van der Waals surface area contributed by atoms with E-state index < -0.39 is 18.4 Å². The molecule has 0 bridgehead atoms. The minimum Gasteiger partial charge on any atom is -0.446 e. The zero-order valence-electron chi connectivity index (χ0n) is 22.7. The number of nitrogens with one attached hydrogen (secondary N) is 1. The normalized spacial score (nSPS) is 12.7. The quantitative estimate of drug-likeness (QED) is 0.197. The second-order valence-corrected chi connectivity index (χ2v) is 9.65. The molecule has 0 aromatic heterocycles. The van der Waals surface area contributed by atoms with Gasteiger partial charge in [-0.3, -0.25) is 15.1 Å². The number of aliphatic hydroxyl groups excluding tert-OH is 1. The highest BCUT2D eigenvalue weighted by Gasteiger charge is 2.24. The van der Waals surface area contributed by atoms with E-state index in [9.17, 15) is 9.90 Å². The summed E-state index contributed by atoms with van der Waals surface area (Å²) < 4.78 is 6.08. The third-order valence-electron chi connectivity index (χ3n) is 6.45. The Morgan fingerprint density at radius 2 is 1.26 bits per heavy atom. The molecule has 0 aliphatic carbocycles. The summed E-state index contributed by atoms with van der Waals surface area (Å²) in [5.41, 5.74) is 14.5. The number of hydrogen-bond donors (Lipinski definition) is 4. The van der Waals surface area contributed by atoms with Crippen LogP contribution < -0.4 is 16.8 Å². The number of ether oxygens (including phenoxy) is 1. The maximum Gasteiger partial charge on any atom is 0.410 e. The van der Waals surface area contributed by atoms with E-state index in [-0.39, 0.29) is 6.42 Å². The van der Waals surface area contributed by atoms with Crippen LogP contribution in [0, 0.1) is 0 Å². The van der Waals surface area contributed by atoms with E-state index in [4.69, 9.17) is 16.2 Å². The van der Waals surface area contributed by atoms with Gasteiger partial charge in [-0.25, -0.2) is 4.79 Å². The van der Waals surface area contributed by atoms with Crippen LogP contribution in [0.25, 0.3) is 0 Å². The lowest BCUT2D eigenvalue weighted by Gasteiger charge is -2.28. The number of rotatable bonds is 17. The van der Waals surface area contributed by atoms with E-state index in [0.717, 1.165) is 36.3 Å². The molecule has 3 rings (SSSR count). The highest BCUT2D eigenvalue weighted by molar-refractivity contribution is 5.68. The lowest BCUT2D eigenvalue weighted by molar-refractivity contribution is 0.0210. The molecule has 39 heavy (non-hydrogen) atoms. The van der Waals surface area contributed by atoms with Crippen molar-refractivity contribution in [3.63, 3.8) is 0 Å². The van der Waals surface area contributed by atoms with Crippen molar-refractivity contribution < 1.29 is 14.6 Å². The number of nitrogens with two attached hydrogens (primary N) is 2. The minimum atomic E-state index is -0.833. The molecule has 0 aliphatic rings. The second-order valence-electron chi connectivity index (χ2n) is 9.65. The van der Waals surface area contributed by atoms with E-state index in [1.54, 1.807) is 4.90 Å². The molecule has 8 heteroatoms. The second kappa shape index (κ2) is 17.3. The molecule has 210 valence electrons. The monoisotopic (exact) mass is 533 g/mol. The van der Waals surface area contributed by atoms with Gasteiger partial charge in [-0.2, -0.15) is 0 Å². The van der Waals surface area contributed by atoms with Crippen LogP contribution in [0.4, 0.5) is 4.79 Å². The van der Waals surface area contributed by atoms with Gasteiger partial charge in [0.05, 0.1) is 0 Å². The van der Waals surface area contributed by atoms with Crippen LogP contribution in [0.3, 0.4) is 0 Å². The number of carbonyl (C=O) groups excluding carboxylic acids is 1. The lowest BCUT2D eigenvalue weighted by Crippen LogP contribution is -2.43. The zero-order chi connectivity index (χ0) is 27.7. The van der Waals surface area contributed by atoms with Crippen molar-refractivity contribution in [1.82, 2.24) is 15.1 Å². The minimum absolute atomic E-state index is 0.263. The fourth-order valence-electron chi connectivity index (χ4n) is 4.48. The number of nitrogens with zero attached hydrogens (tertiary/aromatic N) is 2. The van der Waals surface area contributed by atoms with Gasteiger partial charge in [-0.1, -0.05) is 91.0 Å². The summed E-state index contributed by atoms with van der Waals surface area (Å²) in [4.78, 5) is 17.4. The Morgan fingerprint density at radius 1 is 0.769 bits per heavy atom. The van der Waals surface area contributed by atoms with Gasteiger partial charge in [0, 0.05) is 65.2 Å². The Balaban J connectivity index is 1.67. The fraction of sp³-hybridized carbons (Fsp3) is 0.387. The molecule has 0 aliphatic heterocycles. The first-order chi connectivity index (χ1) is 19.1. The molecule has 0 radical (unpaired) electrons. The van der Waals surface area contributed by atoms with Crippen LogP contribution in [-0.4, -0.2) is 72.6 Å². The van der Waals surface area contributed by atoms with Crippen LogP contribution in [0.5, 0.6) is 0 Å². The highest BCUT2D eigenvalue weighted by atomic mass is 16.6. The summed E-state index contributed by atoms with van der Waals surface area (Å²) in [5, 5.41) is 14.0. The van der Waals surface area contributed by atoms with Crippen LogP contribution >= 0.6 is 0 Å². The summed E-state index contributed by atoms with van der Waals surface area (Å²) in [6.45, 7) is 4.75.